The highest BCUT2D eigenvalue weighted by Gasteiger charge is 2.24. The van der Waals surface area contributed by atoms with E-state index in [2.05, 4.69) is 15.0 Å². The Morgan fingerprint density at radius 2 is 2.00 bits per heavy atom. The predicted octanol–water partition coefficient (Wildman–Crippen LogP) is 3.21. The van der Waals surface area contributed by atoms with Crippen LogP contribution in [0, 0.1) is 5.92 Å². The molecule has 1 atom stereocenters. The normalized spacial score (nSPS) is 20.9. The second kappa shape index (κ2) is 10.0. The van der Waals surface area contributed by atoms with Crippen LogP contribution in [0.15, 0.2) is 4.52 Å². The lowest BCUT2D eigenvalue weighted by Gasteiger charge is -2.24. The Balaban J connectivity index is 1.51. The molecule has 0 spiro atoms. The molecule has 1 saturated carbocycles. The van der Waals surface area contributed by atoms with Crippen molar-refractivity contribution in [2.45, 2.75) is 70.3 Å². The highest BCUT2D eigenvalue weighted by molar-refractivity contribution is 5.67. The summed E-state index contributed by atoms with van der Waals surface area (Å²) in [4.78, 5) is 18.0. The summed E-state index contributed by atoms with van der Waals surface area (Å²) in [5.74, 6) is 0.959. The predicted molar refractivity (Wildman–Crippen MR) is 95.8 cm³/mol. The van der Waals surface area contributed by atoms with Crippen molar-refractivity contribution < 1.29 is 19.2 Å². The molecule has 2 aliphatic rings. The van der Waals surface area contributed by atoms with E-state index in [-0.39, 0.29) is 12.3 Å². The fourth-order valence-electron chi connectivity index (χ4n) is 4.11. The molecule has 1 N–H and O–H groups in total. The summed E-state index contributed by atoms with van der Waals surface area (Å²) < 4.78 is 10.8. The second-order valence-electron chi connectivity index (χ2n) is 7.67. The Bertz CT molecular complexity index is 551. The molecule has 2 heterocycles. The summed E-state index contributed by atoms with van der Waals surface area (Å²) in [6.07, 6.45) is 9.80. The number of carboxylic acid groups (broad SMARTS) is 1. The number of carboxylic acids is 1. The Morgan fingerprint density at radius 3 is 2.73 bits per heavy atom. The first kappa shape index (κ1) is 19.3. The van der Waals surface area contributed by atoms with Crippen LogP contribution in [-0.4, -0.2) is 52.4 Å². The second-order valence-corrected chi connectivity index (χ2v) is 7.67. The number of morpholine rings is 1. The fourth-order valence-corrected chi connectivity index (χ4v) is 4.11. The zero-order valence-corrected chi connectivity index (χ0v) is 15.6. The third kappa shape index (κ3) is 6.06. The lowest BCUT2D eigenvalue weighted by Crippen LogP contribution is -2.35. The van der Waals surface area contributed by atoms with Gasteiger partial charge in [-0.15, -0.1) is 0 Å². The van der Waals surface area contributed by atoms with Crippen LogP contribution in [-0.2, 0) is 16.1 Å². The first-order chi connectivity index (χ1) is 12.7. The number of ether oxygens (including phenoxy) is 1. The molecular weight excluding hydrogens is 334 g/mol. The van der Waals surface area contributed by atoms with Gasteiger partial charge in [-0.2, -0.15) is 4.98 Å². The summed E-state index contributed by atoms with van der Waals surface area (Å²) >= 11 is 0. The summed E-state index contributed by atoms with van der Waals surface area (Å²) in [5, 5.41) is 13.3. The van der Waals surface area contributed by atoms with Gasteiger partial charge in [0.15, 0.2) is 5.82 Å². The summed E-state index contributed by atoms with van der Waals surface area (Å²) in [6, 6.07) is 0. The Hall–Kier alpha value is -1.47. The monoisotopic (exact) mass is 365 g/mol. The summed E-state index contributed by atoms with van der Waals surface area (Å²) in [6.45, 7) is 3.82. The third-order valence-corrected chi connectivity index (χ3v) is 5.61. The van der Waals surface area contributed by atoms with Gasteiger partial charge in [0.25, 0.3) is 0 Å². The van der Waals surface area contributed by atoms with Crippen LogP contribution >= 0.6 is 0 Å². The Labute approximate surface area is 155 Å². The van der Waals surface area contributed by atoms with Gasteiger partial charge >= 0.3 is 5.97 Å². The van der Waals surface area contributed by atoms with Crippen LogP contribution in [0.3, 0.4) is 0 Å². The van der Waals surface area contributed by atoms with E-state index in [4.69, 9.17) is 9.26 Å². The summed E-state index contributed by atoms with van der Waals surface area (Å²) in [5.41, 5.74) is 0. The van der Waals surface area contributed by atoms with Gasteiger partial charge in [-0.3, -0.25) is 9.69 Å². The SMILES string of the molecule is O=C(O)C[C@H](CCCC1CCCCC1)c1nc(CN2CCOCC2)no1. The van der Waals surface area contributed by atoms with Crippen LogP contribution in [0.2, 0.25) is 0 Å². The van der Waals surface area contributed by atoms with E-state index in [1.807, 2.05) is 0 Å². The molecule has 7 nitrogen and oxygen atoms in total. The van der Waals surface area contributed by atoms with Gasteiger partial charge in [0.1, 0.15) is 0 Å². The average molecular weight is 365 g/mol. The lowest BCUT2D eigenvalue weighted by atomic mass is 9.84. The molecular formula is C19H31N3O4. The van der Waals surface area contributed by atoms with Crippen LogP contribution in [0.5, 0.6) is 0 Å². The molecule has 0 amide bonds. The van der Waals surface area contributed by atoms with E-state index in [1.54, 1.807) is 0 Å². The van der Waals surface area contributed by atoms with Crippen molar-refractivity contribution in [3.63, 3.8) is 0 Å². The summed E-state index contributed by atoms with van der Waals surface area (Å²) in [7, 11) is 0. The molecule has 146 valence electrons. The maximum absolute atomic E-state index is 11.3. The van der Waals surface area contributed by atoms with Gasteiger partial charge in [0, 0.05) is 19.0 Å². The number of nitrogens with zero attached hydrogens (tertiary/aromatic N) is 3. The average Bonchev–Trinajstić information content (AvgIpc) is 3.11. The molecule has 2 fully saturated rings. The van der Waals surface area contributed by atoms with Crippen LogP contribution in [0.1, 0.15) is 75.4 Å². The first-order valence-corrected chi connectivity index (χ1v) is 10.0. The van der Waals surface area contributed by atoms with Crippen molar-refractivity contribution in [2.24, 2.45) is 5.92 Å². The van der Waals surface area contributed by atoms with Gasteiger partial charge in [-0.25, -0.2) is 0 Å². The van der Waals surface area contributed by atoms with Crippen LogP contribution < -0.4 is 0 Å². The van der Waals surface area contributed by atoms with Crippen molar-refractivity contribution in [2.75, 3.05) is 26.3 Å². The van der Waals surface area contributed by atoms with Crippen molar-refractivity contribution in [3.8, 4) is 0 Å². The smallest absolute Gasteiger partial charge is 0.304 e. The minimum Gasteiger partial charge on any atom is -0.481 e. The molecule has 0 unspecified atom stereocenters. The van der Waals surface area contributed by atoms with E-state index in [1.165, 1.54) is 38.5 Å². The highest BCUT2D eigenvalue weighted by Crippen LogP contribution is 2.31. The van der Waals surface area contributed by atoms with E-state index < -0.39 is 5.97 Å². The highest BCUT2D eigenvalue weighted by atomic mass is 16.5. The van der Waals surface area contributed by atoms with E-state index in [0.29, 0.717) is 18.3 Å². The van der Waals surface area contributed by atoms with Gasteiger partial charge in [0.05, 0.1) is 26.2 Å². The molecule has 7 heteroatoms. The number of rotatable bonds is 9. The molecule has 0 bridgehead atoms. The van der Waals surface area contributed by atoms with Gasteiger partial charge in [-0.1, -0.05) is 50.1 Å². The fraction of sp³-hybridized carbons (Fsp3) is 0.842. The van der Waals surface area contributed by atoms with Crippen molar-refractivity contribution in [1.82, 2.24) is 15.0 Å². The maximum atomic E-state index is 11.3. The van der Waals surface area contributed by atoms with E-state index >= 15 is 0 Å². The van der Waals surface area contributed by atoms with Gasteiger partial charge < -0.3 is 14.4 Å². The number of hydrogen-bond donors (Lipinski definition) is 1. The van der Waals surface area contributed by atoms with Crippen LogP contribution in [0.25, 0.3) is 0 Å². The van der Waals surface area contributed by atoms with Crippen molar-refractivity contribution >= 4 is 5.97 Å². The molecule has 0 radical (unpaired) electrons. The van der Waals surface area contributed by atoms with Gasteiger partial charge in [0.2, 0.25) is 5.89 Å². The standard InChI is InChI=1S/C19H31N3O4/c23-18(24)13-16(8-4-7-15-5-2-1-3-6-15)19-20-17(21-26-19)14-22-9-11-25-12-10-22/h15-16H,1-14H2,(H,23,24)/t16-/m0/s1. The third-order valence-electron chi connectivity index (χ3n) is 5.61. The molecule has 1 saturated heterocycles. The number of aliphatic carboxylic acids is 1. The quantitative estimate of drug-likeness (QED) is 0.719. The Kier molecular flexibility index (Phi) is 7.43. The molecule has 0 aromatic carbocycles. The van der Waals surface area contributed by atoms with E-state index in [9.17, 15) is 9.90 Å². The van der Waals surface area contributed by atoms with Crippen molar-refractivity contribution in [3.05, 3.63) is 11.7 Å². The number of carbonyl (C=O) groups is 1. The molecule has 1 aliphatic heterocycles. The maximum Gasteiger partial charge on any atom is 0.304 e. The molecule has 1 aliphatic carbocycles. The number of hydrogen-bond acceptors (Lipinski definition) is 6. The molecule has 1 aromatic heterocycles. The van der Waals surface area contributed by atoms with Crippen LogP contribution in [0.4, 0.5) is 0 Å². The Morgan fingerprint density at radius 1 is 1.23 bits per heavy atom. The molecule has 3 rings (SSSR count). The topological polar surface area (TPSA) is 88.7 Å². The largest absolute Gasteiger partial charge is 0.481 e. The zero-order valence-electron chi connectivity index (χ0n) is 15.6. The zero-order chi connectivity index (χ0) is 18.2. The number of aromatic nitrogens is 2. The van der Waals surface area contributed by atoms with Gasteiger partial charge in [-0.05, 0) is 12.3 Å². The lowest BCUT2D eigenvalue weighted by molar-refractivity contribution is -0.137. The first-order valence-electron chi connectivity index (χ1n) is 10.0. The van der Waals surface area contributed by atoms with E-state index in [0.717, 1.165) is 45.1 Å². The minimum absolute atomic E-state index is 0.0594. The minimum atomic E-state index is -0.805. The molecule has 1 aromatic rings. The molecule has 26 heavy (non-hydrogen) atoms. The van der Waals surface area contributed by atoms with Crippen molar-refractivity contribution in [1.29, 1.82) is 0 Å².